The van der Waals surface area contributed by atoms with Crippen molar-refractivity contribution in [2.45, 2.75) is 39.0 Å². The van der Waals surface area contributed by atoms with Crippen LogP contribution in [0.5, 0.6) is 0 Å². The van der Waals surface area contributed by atoms with Gasteiger partial charge in [-0.1, -0.05) is 19.8 Å². The van der Waals surface area contributed by atoms with Crippen molar-refractivity contribution in [2.75, 3.05) is 17.6 Å². The van der Waals surface area contributed by atoms with Crippen LogP contribution in [0, 0.1) is 5.41 Å². The molecule has 0 bridgehead atoms. The summed E-state index contributed by atoms with van der Waals surface area (Å²) in [5, 5.41) is 4.62. The monoisotopic (exact) mass is 269 g/mol. The van der Waals surface area contributed by atoms with Gasteiger partial charge in [0.05, 0.1) is 16.9 Å². The molecule has 1 fully saturated rings. The second-order valence-electron chi connectivity index (χ2n) is 6.01. The third-order valence-electron chi connectivity index (χ3n) is 4.89. The van der Waals surface area contributed by atoms with Gasteiger partial charge in [-0.05, 0) is 48.9 Å². The Kier molecular flexibility index (Phi) is 3.51. The maximum atomic E-state index is 6.29. The maximum absolute atomic E-state index is 6.29. The zero-order valence-corrected chi connectivity index (χ0v) is 12.2. The summed E-state index contributed by atoms with van der Waals surface area (Å²) in [5.41, 5.74) is 9.58. The van der Waals surface area contributed by atoms with Gasteiger partial charge in [0, 0.05) is 18.1 Å². The number of hydrogen-bond acceptors (Lipinski definition) is 3. The van der Waals surface area contributed by atoms with E-state index in [1.54, 1.807) is 6.20 Å². The van der Waals surface area contributed by atoms with Crippen LogP contribution in [0.3, 0.4) is 0 Å². The van der Waals surface area contributed by atoms with Gasteiger partial charge in [0.25, 0.3) is 0 Å². The fourth-order valence-electron chi connectivity index (χ4n) is 3.39. The number of anilines is 2. The fraction of sp³-hybridized carbons (Fsp3) is 0.471. The molecule has 0 amide bonds. The molecule has 1 aromatic heterocycles. The maximum Gasteiger partial charge on any atom is 0.0724 e. The van der Waals surface area contributed by atoms with E-state index in [1.165, 1.54) is 32.1 Å². The van der Waals surface area contributed by atoms with Crippen LogP contribution in [-0.4, -0.2) is 11.5 Å². The van der Waals surface area contributed by atoms with E-state index in [4.69, 9.17) is 5.73 Å². The van der Waals surface area contributed by atoms with E-state index in [-0.39, 0.29) is 0 Å². The smallest absolute Gasteiger partial charge is 0.0724 e. The number of pyridine rings is 1. The first-order chi connectivity index (χ1) is 9.74. The number of aromatic nitrogens is 1. The Balaban J connectivity index is 1.82. The topological polar surface area (TPSA) is 50.9 Å². The number of nitrogens with two attached hydrogens (primary N) is 1. The Morgan fingerprint density at radius 3 is 2.80 bits per heavy atom. The van der Waals surface area contributed by atoms with Gasteiger partial charge in [-0.3, -0.25) is 4.98 Å². The van der Waals surface area contributed by atoms with Crippen molar-refractivity contribution in [1.82, 2.24) is 4.98 Å². The van der Waals surface area contributed by atoms with Crippen LogP contribution >= 0.6 is 0 Å². The Hall–Kier alpha value is -1.77. The second kappa shape index (κ2) is 5.31. The van der Waals surface area contributed by atoms with Crippen LogP contribution in [0.2, 0.25) is 0 Å². The van der Waals surface area contributed by atoms with Crippen LogP contribution < -0.4 is 11.1 Å². The number of hydrogen-bond donors (Lipinski definition) is 2. The second-order valence-corrected chi connectivity index (χ2v) is 6.01. The summed E-state index contributed by atoms with van der Waals surface area (Å²) in [6.45, 7) is 3.33. The van der Waals surface area contributed by atoms with Gasteiger partial charge in [-0.15, -0.1) is 0 Å². The molecule has 1 heterocycles. The minimum absolute atomic E-state index is 0.469. The lowest BCUT2D eigenvalue weighted by Gasteiger charge is -2.28. The molecule has 2 aromatic rings. The molecule has 1 aliphatic rings. The molecule has 3 nitrogen and oxygen atoms in total. The Morgan fingerprint density at radius 2 is 2.05 bits per heavy atom. The van der Waals surface area contributed by atoms with E-state index < -0.39 is 0 Å². The van der Waals surface area contributed by atoms with Gasteiger partial charge in [0.15, 0.2) is 0 Å². The van der Waals surface area contributed by atoms with Gasteiger partial charge in [0.2, 0.25) is 0 Å². The van der Waals surface area contributed by atoms with Crippen molar-refractivity contribution in [1.29, 1.82) is 0 Å². The molecule has 0 radical (unpaired) electrons. The summed E-state index contributed by atoms with van der Waals surface area (Å²) in [4.78, 5) is 4.34. The lowest BCUT2D eigenvalue weighted by molar-refractivity contribution is 0.307. The number of nitrogens with zero attached hydrogens (tertiary/aromatic N) is 1. The molecule has 0 atom stereocenters. The summed E-state index contributed by atoms with van der Waals surface area (Å²) in [6, 6.07) is 8.07. The van der Waals surface area contributed by atoms with Gasteiger partial charge >= 0.3 is 0 Å². The molecule has 3 heteroatoms. The summed E-state index contributed by atoms with van der Waals surface area (Å²) in [6.07, 6.45) is 8.46. The highest BCUT2D eigenvalue weighted by atomic mass is 14.9. The summed E-state index contributed by atoms with van der Waals surface area (Å²) in [5.74, 6) is 0. The Labute approximate surface area is 120 Å². The Bertz CT molecular complexity index is 600. The van der Waals surface area contributed by atoms with E-state index in [0.29, 0.717) is 5.41 Å². The predicted molar refractivity (Wildman–Crippen MR) is 85.8 cm³/mol. The highest BCUT2D eigenvalue weighted by Crippen LogP contribution is 2.41. The standard InChI is InChI=1S/C17H23N3/c1-2-17(9-3-4-10-17)12-20-15-8-7-14-13(16(15)18)6-5-11-19-14/h5-8,11,20H,2-4,9-10,12,18H2,1H3. The average Bonchev–Trinajstić information content (AvgIpc) is 2.96. The number of fused-ring (bicyclic) bond motifs is 1. The molecule has 1 saturated carbocycles. The molecule has 1 aromatic carbocycles. The first-order valence-corrected chi connectivity index (χ1v) is 7.61. The molecular formula is C17H23N3. The SMILES string of the molecule is CCC1(CNc2ccc3ncccc3c2N)CCCC1. The number of rotatable bonds is 4. The molecule has 3 N–H and O–H groups in total. The number of benzene rings is 1. The molecule has 0 unspecified atom stereocenters. The van der Waals surface area contributed by atoms with Crippen molar-refractivity contribution < 1.29 is 0 Å². The highest BCUT2D eigenvalue weighted by Gasteiger charge is 2.31. The molecule has 0 saturated heterocycles. The molecule has 20 heavy (non-hydrogen) atoms. The van der Waals surface area contributed by atoms with Gasteiger partial charge in [0.1, 0.15) is 0 Å². The molecule has 1 aliphatic carbocycles. The minimum Gasteiger partial charge on any atom is -0.397 e. The lowest BCUT2D eigenvalue weighted by Crippen LogP contribution is -2.26. The first kappa shape index (κ1) is 13.2. The van der Waals surface area contributed by atoms with Crippen molar-refractivity contribution in [3.8, 4) is 0 Å². The van der Waals surface area contributed by atoms with Crippen LogP contribution in [0.15, 0.2) is 30.5 Å². The van der Waals surface area contributed by atoms with Crippen molar-refractivity contribution in [3.63, 3.8) is 0 Å². The summed E-state index contributed by atoms with van der Waals surface area (Å²) in [7, 11) is 0. The van der Waals surface area contributed by atoms with Crippen molar-refractivity contribution >= 4 is 22.3 Å². The molecular weight excluding hydrogens is 246 g/mol. The van der Waals surface area contributed by atoms with E-state index in [9.17, 15) is 0 Å². The van der Waals surface area contributed by atoms with E-state index in [1.807, 2.05) is 18.2 Å². The first-order valence-electron chi connectivity index (χ1n) is 7.61. The number of nitrogens with one attached hydrogen (secondary N) is 1. The normalized spacial score (nSPS) is 17.4. The fourth-order valence-corrected chi connectivity index (χ4v) is 3.39. The minimum atomic E-state index is 0.469. The van der Waals surface area contributed by atoms with Gasteiger partial charge < -0.3 is 11.1 Å². The van der Waals surface area contributed by atoms with Crippen LogP contribution in [0.4, 0.5) is 11.4 Å². The lowest BCUT2D eigenvalue weighted by atomic mass is 9.83. The van der Waals surface area contributed by atoms with E-state index >= 15 is 0 Å². The molecule has 106 valence electrons. The van der Waals surface area contributed by atoms with Crippen molar-refractivity contribution in [2.24, 2.45) is 5.41 Å². The third kappa shape index (κ3) is 2.33. The van der Waals surface area contributed by atoms with Gasteiger partial charge in [-0.25, -0.2) is 0 Å². The zero-order valence-electron chi connectivity index (χ0n) is 12.2. The highest BCUT2D eigenvalue weighted by molar-refractivity contribution is 5.96. The van der Waals surface area contributed by atoms with Crippen molar-refractivity contribution in [3.05, 3.63) is 30.5 Å². The molecule has 3 rings (SSSR count). The quantitative estimate of drug-likeness (QED) is 0.818. The Morgan fingerprint density at radius 1 is 1.25 bits per heavy atom. The van der Waals surface area contributed by atoms with Gasteiger partial charge in [-0.2, -0.15) is 0 Å². The molecule has 0 aliphatic heterocycles. The molecule has 0 spiro atoms. The van der Waals surface area contributed by atoms with Crippen LogP contribution in [-0.2, 0) is 0 Å². The summed E-state index contributed by atoms with van der Waals surface area (Å²) >= 11 is 0. The number of nitrogen functional groups attached to an aromatic ring is 1. The zero-order chi connectivity index (χ0) is 14.0. The van der Waals surface area contributed by atoms with Crippen LogP contribution in [0.1, 0.15) is 39.0 Å². The van der Waals surface area contributed by atoms with E-state index in [0.717, 1.165) is 28.8 Å². The average molecular weight is 269 g/mol. The van der Waals surface area contributed by atoms with E-state index in [2.05, 4.69) is 23.3 Å². The third-order valence-corrected chi connectivity index (χ3v) is 4.89. The predicted octanol–water partition coefficient (Wildman–Crippen LogP) is 4.20. The summed E-state index contributed by atoms with van der Waals surface area (Å²) < 4.78 is 0. The van der Waals surface area contributed by atoms with Crippen LogP contribution in [0.25, 0.3) is 10.9 Å². The largest absolute Gasteiger partial charge is 0.397 e.